The summed E-state index contributed by atoms with van der Waals surface area (Å²) in [4.78, 5) is 23.7. The molecule has 0 aromatic heterocycles. The van der Waals surface area contributed by atoms with E-state index in [9.17, 15) is 14.0 Å². The number of nitrogens with zero attached hydrogens (tertiary/aromatic N) is 1. The van der Waals surface area contributed by atoms with E-state index in [2.05, 4.69) is 15.9 Å². The first-order valence-corrected chi connectivity index (χ1v) is 6.25. The molecule has 0 aliphatic carbocycles. The Hall–Kier alpha value is -1.14. The van der Waals surface area contributed by atoms with Crippen LogP contribution in [-0.4, -0.2) is 23.5 Å². The van der Waals surface area contributed by atoms with E-state index in [0.717, 1.165) is 11.0 Å². The summed E-state index contributed by atoms with van der Waals surface area (Å²) in [7, 11) is 0. The third-order valence-corrected chi connectivity index (χ3v) is 3.55. The fourth-order valence-corrected chi connectivity index (χ4v) is 2.87. The molecular formula is C11H8BrClFNO3. The molecule has 1 saturated heterocycles. The van der Waals surface area contributed by atoms with Gasteiger partial charge in [-0.3, -0.25) is 9.59 Å². The summed E-state index contributed by atoms with van der Waals surface area (Å²) in [5.41, 5.74) is 0.0353. The van der Waals surface area contributed by atoms with Crippen LogP contribution in [0.4, 0.5) is 10.1 Å². The third kappa shape index (κ3) is 2.35. The third-order valence-electron chi connectivity index (χ3n) is 2.73. The Balaban J connectivity index is 2.39. The quantitative estimate of drug-likeness (QED) is 0.903. The van der Waals surface area contributed by atoms with E-state index in [1.54, 1.807) is 0 Å². The summed E-state index contributed by atoms with van der Waals surface area (Å²) in [6, 6.07) is 2.55. The van der Waals surface area contributed by atoms with Gasteiger partial charge in [0.2, 0.25) is 5.91 Å². The van der Waals surface area contributed by atoms with Crippen molar-refractivity contribution in [2.75, 3.05) is 11.4 Å². The molecule has 1 N–H and O–H groups in total. The number of benzene rings is 1. The van der Waals surface area contributed by atoms with E-state index in [1.165, 1.54) is 6.07 Å². The highest BCUT2D eigenvalue weighted by atomic mass is 79.9. The van der Waals surface area contributed by atoms with Gasteiger partial charge in [-0.05, 0) is 28.1 Å². The first-order chi connectivity index (χ1) is 8.40. The maximum Gasteiger partial charge on any atom is 0.308 e. The summed E-state index contributed by atoms with van der Waals surface area (Å²) in [5, 5.41) is 9.07. The Morgan fingerprint density at radius 3 is 2.72 bits per heavy atom. The molecule has 1 amide bonds. The standard InChI is InChI=1S/C11H8BrClFNO3/c12-7-2-6(13)3-8(14)10(7)15-4-5(11(17)18)1-9(15)16/h2-3,5H,1,4H2,(H,17,18). The van der Waals surface area contributed by atoms with Crippen molar-refractivity contribution in [2.45, 2.75) is 6.42 Å². The maximum atomic E-state index is 13.8. The lowest BCUT2D eigenvalue weighted by Crippen LogP contribution is -2.27. The zero-order valence-corrected chi connectivity index (χ0v) is 11.3. The molecule has 1 fully saturated rings. The minimum Gasteiger partial charge on any atom is -0.481 e. The molecule has 1 aliphatic rings. The van der Waals surface area contributed by atoms with Crippen LogP contribution in [-0.2, 0) is 9.59 Å². The van der Waals surface area contributed by atoms with Gasteiger partial charge in [-0.1, -0.05) is 11.6 Å². The van der Waals surface area contributed by atoms with Crippen molar-refractivity contribution in [1.29, 1.82) is 0 Å². The highest BCUT2D eigenvalue weighted by Gasteiger charge is 2.37. The van der Waals surface area contributed by atoms with Crippen LogP contribution in [0.5, 0.6) is 0 Å². The van der Waals surface area contributed by atoms with Crippen molar-refractivity contribution < 1.29 is 19.1 Å². The highest BCUT2D eigenvalue weighted by molar-refractivity contribution is 9.10. The topological polar surface area (TPSA) is 57.6 Å². The number of carboxylic acid groups (broad SMARTS) is 1. The molecule has 0 radical (unpaired) electrons. The van der Waals surface area contributed by atoms with Gasteiger partial charge in [0.25, 0.3) is 0 Å². The van der Waals surface area contributed by atoms with Crippen molar-refractivity contribution in [3.8, 4) is 0 Å². The fraction of sp³-hybridized carbons (Fsp3) is 0.273. The minimum atomic E-state index is -1.06. The largest absolute Gasteiger partial charge is 0.481 e. The number of carbonyl (C=O) groups is 2. The fourth-order valence-electron chi connectivity index (χ4n) is 1.88. The number of anilines is 1. The molecule has 0 saturated carbocycles. The zero-order valence-electron chi connectivity index (χ0n) is 8.99. The van der Waals surface area contributed by atoms with Crippen molar-refractivity contribution in [1.82, 2.24) is 0 Å². The average molecular weight is 337 g/mol. The molecule has 1 atom stereocenters. The van der Waals surface area contributed by atoms with Crippen LogP contribution >= 0.6 is 27.5 Å². The van der Waals surface area contributed by atoms with Crippen LogP contribution in [0.3, 0.4) is 0 Å². The van der Waals surface area contributed by atoms with Gasteiger partial charge in [0, 0.05) is 22.5 Å². The molecular weight excluding hydrogens is 328 g/mol. The molecule has 7 heteroatoms. The van der Waals surface area contributed by atoms with Crippen molar-refractivity contribution in [3.63, 3.8) is 0 Å². The number of halogens is 3. The molecule has 1 heterocycles. The van der Waals surface area contributed by atoms with Gasteiger partial charge in [0.05, 0.1) is 11.6 Å². The van der Waals surface area contributed by atoms with Gasteiger partial charge in [-0.2, -0.15) is 0 Å². The lowest BCUT2D eigenvalue weighted by atomic mass is 10.1. The van der Waals surface area contributed by atoms with Gasteiger partial charge >= 0.3 is 5.97 Å². The van der Waals surface area contributed by atoms with Gasteiger partial charge in [-0.25, -0.2) is 4.39 Å². The number of carboxylic acids is 1. The molecule has 1 aromatic carbocycles. The predicted octanol–water partition coefficient (Wildman–Crippen LogP) is 2.68. The first kappa shape index (κ1) is 13.3. The Labute approximate surface area is 115 Å². The molecule has 1 aromatic rings. The van der Waals surface area contributed by atoms with E-state index in [1.807, 2.05) is 0 Å². The number of hydrogen-bond donors (Lipinski definition) is 1. The summed E-state index contributed by atoms with van der Waals surface area (Å²) in [5.74, 6) is -2.94. The molecule has 1 aliphatic heterocycles. The predicted molar refractivity (Wildman–Crippen MR) is 67.2 cm³/mol. The summed E-state index contributed by atoms with van der Waals surface area (Å²) >= 11 is 8.80. The monoisotopic (exact) mass is 335 g/mol. The summed E-state index contributed by atoms with van der Waals surface area (Å²) < 4.78 is 14.1. The average Bonchev–Trinajstić information content (AvgIpc) is 2.59. The van der Waals surface area contributed by atoms with Crippen LogP contribution < -0.4 is 4.90 Å². The van der Waals surface area contributed by atoms with Crippen molar-refractivity contribution in [3.05, 3.63) is 27.4 Å². The Kier molecular flexibility index (Phi) is 3.59. The Bertz CT molecular complexity index is 514. The van der Waals surface area contributed by atoms with E-state index < -0.39 is 23.6 Å². The van der Waals surface area contributed by atoms with Crippen molar-refractivity contribution in [2.24, 2.45) is 5.92 Å². The van der Waals surface area contributed by atoms with Crippen LogP contribution in [0, 0.1) is 11.7 Å². The minimum absolute atomic E-state index is 0.0353. The maximum absolute atomic E-state index is 13.8. The van der Waals surface area contributed by atoms with Crippen LogP contribution in [0.25, 0.3) is 0 Å². The van der Waals surface area contributed by atoms with Crippen LogP contribution in [0.2, 0.25) is 5.02 Å². The smallest absolute Gasteiger partial charge is 0.308 e. The van der Waals surface area contributed by atoms with Crippen LogP contribution in [0.1, 0.15) is 6.42 Å². The van der Waals surface area contributed by atoms with Gasteiger partial charge in [-0.15, -0.1) is 0 Å². The molecule has 0 spiro atoms. The van der Waals surface area contributed by atoms with E-state index in [-0.39, 0.29) is 23.7 Å². The SMILES string of the molecule is O=C(O)C1CC(=O)N(c2c(F)cc(Cl)cc2Br)C1. The Morgan fingerprint density at radius 2 is 2.22 bits per heavy atom. The second kappa shape index (κ2) is 4.85. The summed E-state index contributed by atoms with van der Waals surface area (Å²) in [6.45, 7) is -0.0364. The zero-order chi connectivity index (χ0) is 13.4. The number of amides is 1. The summed E-state index contributed by atoms with van der Waals surface area (Å²) in [6.07, 6.45) is -0.121. The highest BCUT2D eigenvalue weighted by Crippen LogP contribution is 2.35. The number of carbonyl (C=O) groups excluding carboxylic acids is 1. The molecule has 2 rings (SSSR count). The van der Waals surface area contributed by atoms with Gasteiger partial charge < -0.3 is 10.0 Å². The van der Waals surface area contributed by atoms with E-state index >= 15 is 0 Å². The van der Waals surface area contributed by atoms with E-state index in [0.29, 0.717) is 4.47 Å². The molecule has 18 heavy (non-hydrogen) atoms. The number of aliphatic carboxylic acids is 1. The van der Waals surface area contributed by atoms with Crippen LogP contribution in [0.15, 0.2) is 16.6 Å². The number of hydrogen-bond acceptors (Lipinski definition) is 2. The first-order valence-electron chi connectivity index (χ1n) is 5.08. The molecule has 96 valence electrons. The molecule has 4 nitrogen and oxygen atoms in total. The normalized spacial score (nSPS) is 19.4. The van der Waals surface area contributed by atoms with Gasteiger partial charge in [0.1, 0.15) is 5.82 Å². The molecule has 0 bridgehead atoms. The lowest BCUT2D eigenvalue weighted by Gasteiger charge is -2.18. The van der Waals surface area contributed by atoms with E-state index in [4.69, 9.17) is 16.7 Å². The number of rotatable bonds is 2. The second-order valence-corrected chi connectivity index (χ2v) is 5.25. The van der Waals surface area contributed by atoms with Crippen molar-refractivity contribution >= 4 is 45.1 Å². The Morgan fingerprint density at radius 1 is 1.56 bits per heavy atom. The van der Waals surface area contributed by atoms with Gasteiger partial charge in [0.15, 0.2) is 0 Å². The molecule has 1 unspecified atom stereocenters. The lowest BCUT2D eigenvalue weighted by molar-refractivity contribution is -0.141. The second-order valence-electron chi connectivity index (χ2n) is 3.96.